The van der Waals surface area contributed by atoms with Gasteiger partial charge in [0.15, 0.2) is 0 Å². The van der Waals surface area contributed by atoms with E-state index in [4.69, 9.17) is 0 Å². The third-order valence-electron chi connectivity index (χ3n) is 3.94. The largest absolute Gasteiger partial charge is 0.327 e. The number of carbonyl (C=O) groups is 1. The molecule has 7 heteroatoms. The molecule has 0 radical (unpaired) electrons. The van der Waals surface area contributed by atoms with Crippen LogP contribution < -0.4 is 0 Å². The molecule has 2 fully saturated rings. The Balaban J connectivity index is 1.81. The summed E-state index contributed by atoms with van der Waals surface area (Å²) in [5.41, 5.74) is 0.705. The van der Waals surface area contributed by atoms with Crippen LogP contribution in [0, 0.1) is 12.8 Å². The Morgan fingerprint density at radius 2 is 2.00 bits per heavy atom. The smallest absolute Gasteiger partial charge is 0.244 e. The second kappa shape index (κ2) is 5.37. The molecule has 1 amide bonds. The quantitative estimate of drug-likeness (QED) is 0.814. The second-order valence-corrected chi connectivity index (χ2v) is 8.43. The predicted octanol–water partition coefficient (Wildman–Crippen LogP) is 1.96. The molecule has 0 atom stereocenters. The molecule has 2 aliphatic rings. The number of benzene rings is 1. The first-order chi connectivity index (χ1) is 9.89. The normalized spacial score (nSPS) is 20.0. The van der Waals surface area contributed by atoms with Gasteiger partial charge in [-0.15, -0.1) is 0 Å². The van der Waals surface area contributed by atoms with Crippen LogP contribution >= 0.6 is 15.9 Å². The van der Waals surface area contributed by atoms with Crippen molar-refractivity contribution in [1.82, 2.24) is 9.21 Å². The van der Waals surface area contributed by atoms with E-state index in [1.165, 1.54) is 4.31 Å². The predicted molar refractivity (Wildman–Crippen MR) is 82.1 cm³/mol. The lowest BCUT2D eigenvalue weighted by atomic mass is 10.2. The molecule has 1 aliphatic heterocycles. The summed E-state index contributed by atoms with van der Waals surface area (Å²) in [6.07, 6.45) is 1.88. The van der Waals surface area contributed by atoms with Crippen LogP contribution in [0.2, 0.25) is 0 Å². The summed E-state index contributed by atoms with van der Waals surface area (Å²) in [7, 11) is -3.54. The van der Waals surface area contributed by atoms with E-state index < -0.39 is 10.0 Å². The first-order valence-electron chi connectivity index (χ1n) is 6.94. The van der Waals surface area contributed by atoms with E-state index in [-0.39, 0.29) is 18.5 Å². The number of rotatable bonds is 3. The van der Waals surface area contributed by atoms with Crippen molar-refractivity contribution >= 4 is 31.9 Å². The summed E-state index contributed by atoms with van der Waals surface area (Å²) < 4.78 is 27.6. The zero-order valence-electron chi connectivity index (χ0n) is 11.8. The van der Waals surface area contributed by atoms with Gasteiger partial charge in [-0.1, -0.05) is 15.9 Å². The van der Waals surface area contributed by atoms with Gasteiger partial charge < -0.3 is 4.90 Å². The van der Waals surface area contributed by atoms with Gasteiger partial charge in [0.2, 0.25) is 15.9 Å². The first-order valence-corrected chi connectivity index (χ1v) is 9.18. The Hall–Kier alpha value is -0.920. The minimum Gasteiger partial charge on any atom is -0.327 e. The van der Waals surface area contributed by atoms with E-state index in [0.717, 1.165) is 17.3 Å². The van der Waals surface area contributed by atoms with Gasteiger partial charge in [-0.25, -0.2) is 8.42 Å². The van der Waals surface area contributed by atoms with Crippen LogP contribution in [0.3, 0.4) is 0 Å². The maximum Gasteiger partial charge on any atom is 0.244 e. The topological polar surface area (TPSA) is 57.7 Å². The van der Waals surface area contributed by atoms with Crippen LogP contribution in [0.5, 0.6) is 0 Å². The van der Waals surface area contributed by atoms with E-state index in [1.807, 2.05) is 0 Å². The molecule has 114 valence electrons. The third-order valence-corrected chi connectivity index (χ3v) is 6.43. The highest BCUT2D eigenvalue weighted by Crippen LogP contribution is 2.32. The van der Waals surface area contributed by atoms with Crippen molar-refractivity contribution in [3.8, 4) is 0 Å². The molecule has 0 N–H and O–H groups in total. The summed E-state index contributed by atoms with van der Waals surface area (Å²) in [5.74, 6) is 0.224. The van der Waals surface area contributed by atoms with Gasteiger partial charge in [0.1, 0.15) is 0 Å². The molecule has 0 spiro atoms. The number of aryl methyl sites for hydroxylation is 1. The van der Waals surface area contributed by atoms with Gasteiger partial charge in [-0.2, -0.15) is 4.31 Å². The molecule has 1 saturated carbocycles. The highest BCUT2D eigenvalue weighted by molar-refractivity contribution is 9.10. The Labute approximate surface area is 133 Å². The average molecular weight is 373 g/mol. The number of nitrogens with zero attached hydrogens (tertiary/aromatic N) is 2. The molecule has 0 unspecified atom stereocenters. The van der Waals surface area contributed by atoms with Gasteiger partial charge in [-0.05, 0) is 43.5 Å². The molecule has 0 aromatic heterocycles. The van der Waals surface area contributed by atoms with Crippen LogP contribution in [0.4, 0.5) is 0 Å². The zero-order chi connectivity index (χ0) is 15.2. The van der Waals surface area contributed by atoms with Crippen LogP contribution in [0.25, 0.3) is 0 Å². The van der Waals surface area contributed by atoms with Crippen molar-refractivity contribution in [1.29, 1.82) is 0 Å². The highest BCUT2D eigenvalue weighted by Gasteiger charge is 2.39. The number of halogens is 1. The summed E-state index contributed by atoms with van der Waals surface area (Å²) >= 11 is 3.34. The minimum absolute atomic E-state index is 0.0974. The molecule has 5 nitrogen and oxygen atoms in total. The fourth-order valence-corrected chi connectivity index (χ4v) is 4.64. The van der Waals surface area contributed by atoms with Crippen molar-refractivity contribution in [3.63, 3.8) is 0 Å². The summed E-state index contributed by atoms with van der Waals surface area (Å²) in [6, 6.07) is 5.12. The molecule has 1 heterocycles. The molecule has 1 saturated heterocycles. The highest BCUT2D eigenvalue weighted by atomic mass is 79.9. The van der Waals surface area contributed by atoms with Gasteiger partial charge in [-0.3, -0.25) is 4.79 Å². The molecule has 1 aromatic rings. The van der Waals surface area contributed by atoms with Gasteiger partial charge >= 0.3 is 0 Å². The van der Waals surface area contributed by atoms with E-state index in [2.05, 4.69) is 15.9 Å². The monoisotopic (exact) mass is 372 g/mol. The zero-order valence-corrected chi connectivity index (χ0v) is 14.2. The number of sulfonamides is 1. The Kier molecular flexibility index (Phi) is 3.83. The molecular formula is C14H17BrN2O3S. The van der Waals surface area contributed by atoms with E-state index in [0.29, 0.717) is 23.5 Å². The molecule has 21 heavy (non-hydrogen) atoms. The lowest BCUT2D eigenvalue weighted by Crippen LogP contribution is -2.34. The summed E-state index contributed by atoms with van der Waals surface area (Å²) in [4.78, 5) is 14.0. The fourth-order valence-electron chi connectivity index (χ4n) is 2.57. The van der Waals surface area contributed by atoms with Crippen LogP contribution in [-0.2, 0) is 14.8 Å². The van der Waals surface area contributed by atoms with Crippen molar-refractivity contribution in [2.75, 3.05) is 19.8 Å². The Morgan fingerprint density at radius 1 is 1.29 bits per heavy atom. The molecule has 1 aromatic carbocycles. The van der Waals surface area contributed by atoms with Gasteiger partial charge in [0.05, 0.1) is 11.6 Å². The third kappa shape index (κ3) is 2.86. The Morgan fingerprint density at radius 3 is 2.62 bits per heavy atom. The number of hydrogen-bond donors (Lipinski definition) is 0. The first kappa shape index (κ1) is 15.0. The van der Waals surface area contributed by atoms with Crippen LogP contribution in [-0.4, -0.2) is 43.3 Å². The Bertz CT molecular complexity index is 685. The summed E-state index contributed by atoms with van der Waals surface area (Å²) in [5, 5.41) is 0. The molecule has 0 bridgehead atoms. The maximum atomic E-state index is 12.7. The van der Waals surface area contributed by atoms with E-state index in [9.17, 15) is 13.2 Å². The lowest BCUT2D eigenvalue weighted by molar-refractivity contribution is -0.131. The van der Waals surface area contributed by atoms with Crippen molar-refractivity contribution in [3.05, 3.63) is 28.2 Å². The maximum absolute atomic E-state index is 12.7. The van der Waals surface area contributed by atoms with Crippen molar-refractivity contribution in [2.45, 2.75) is 24.7 Å². The minimum atomic E-state index is -3.54. The van der Waals surface area contributed by atoms with Crippen molar-refractivity contribution in [2.24, 2.45) is 5.92 Å². The van der Waals surface area contributed by atoms with Crippen molar-refractivity contribution < 1.29 is 13.2 Å². The average Bonchev–Trinajstić information content (AvgIpc) is 3.13. The fraction of sp³-hybridized carbons (Fsp3) is 0.500. The molecule has 1 aliphatic carbocycles. The molecular weight excluding hydrogens is 356 g/mol. The van der Waals surface area contributed by atoms with E-state index in [1.54, 1.807) is 30.0 Å². The summed E-state index contributed by atoms with van der Waals surface area (Å²) in [6.45, 7) is 2.81. The number of amides is 1. The lowest BCUT2D eigenvalue weighted by Gasteiger charge is -2.19. The molecule has 3 rings (SSSR count). The second-order valence-electron chi connectivity index (χ2n) is 5.61. The van der Waals surface area contributed by atoms with Crippen LogP contribution in [0.1, 0.15) is 18.4 Å². The van der Waals surface area contributed by atoms with E-state index >= 15 is 0 Å². The van der Waals surface area contributed by atoms with Gasteiger partial charge in [0, 0.05) is 23.5 Å². The number of carbonyl (C=O) groups excluding carboxylic acids is 1. The SMILES string of the molecule is Cc1cc(Br)ccc1S(=O)(=O)N1CCN(C(=O)C2CC2)C1. The van der Waals surface area contributed by atoms with Gasteiger partial charge in [0.25, 0.3) is 0 Å². The van der Waals surface area contributed by atoms with Crippen LogP contribution in [0.15, 0.2) is 27.6 Å². The standard InChI is InChI=1S/C14H17BrN2O3S/c1-10-8-12(15)4-5-13(10)21(19,20)17-7-6-16(9-17)14(18)11-2-3-11/h4-5,8,11H,2-3,6-7,9H2,1H3. The number of hydrogen-bond acceptors (Lipinski definition) is 3.